The summed E-state index contributed by atoms with van der Waals surface area (Å²) in [6, 6.07) is 0. The summed E-state index contributed by atoms with van der Waals surface area (Å²) in [4.78, 5) is 22.4. The second-order valence-corrected chi connectivity index (χ2v) is 4.18. The van der Waals surface area contributed by atoms with Gasteiger partial charge < -0.3 is 30.6 Å². The first kappa shape index (κ1) is 17.6. The van der Waals surface area contributed by atoms with Crippen LogP contribution in [-0.4, -0.2) is 92.0 Å². The summed E-state index contributed by atoms with van der Waals surface area (Å²) in [7, 11) is 2.15. The van der Waals surface area contributed by atoms with Gasteiger partial charge >= 0.3 is 6.09 Å². The van der Waals surface area contributed by atoms with Crippen LogP contribution in [0.3, 0.4) is 0 Å². The zero-order valence-corrected chi connectivity index (χ0v) is 11.3. The van der Waals surface area contributed by atoms with Crippen LogP contribution < -0.4 is 10.6 Å². The number of carbonyl (C=O) groups is 2. The van der Waals surface area contributed by atoms with Crippen LogP contribution in [0, 0.1) is 0 Å². The number of hydrogen-bond donors (Lipinski definition) is 4. The molecule has 19 heavy (non-hydrogen) atoms. The fourth-order valence-electron chi connectivity index (χ4n) is 1.63. The summed E-state index contributed by atoms with van der Waals surface area (Å²) in [5, 5.41) is 21.7. The second kappa shape index (κ2) is 11.7. The quantitative estimate of drug-likeness (QED) is 0.411. The van der Waals surface area contributed by atoms with Crippen molar-refractivity contribution in [1.82, 2.24) is 20.4 Å². The lowest BCUT2D eigenvalue weighted by Gasteiger charge is -2.23. The van der Waals surface area contributed by atoms with Crippen LogP contribution in [-0.2, 0) is 4.79 Å². The van der Waals surface area contributed by atoms with Crippen LogP contribution in [0.1, 0.15) is 0 Å². The highest BCUT2D eigenvalue weighted by atomic mass is 16.4. The van der Waals surface area contributed by atoms with E-state index in [2.05, 4.69) is 22.6 Å². The van der Waals surface area contributed by atoms with Crippen molar-refractivity contribution in [2.45, 2.75) is 0 Å². The van der Waals surface area contributed by atoms with Crippen LogP contribution in [0.15, 0.2) is 0 Å². The smallest absolute Gasteiger partial charge is 0.407 e. The van der Waals surface area contributed by atoms with E-state index in [1.165, 1.54) is 18.0 Å². The molecular formula is C11H24N4O4. The number of amides is 1. The van der Waals surface area contributed by atoms with Gasteiger partial charge in [-0.15, -0.1) is 0 Å². The van der Waals surface area contributed by atoms with Crippen molar-refractivity contribution in [2.75, 3.05) is 59.4 Å². The third-order valence-electron chi connectivity index (χ3n) is 2.73. The van der Waals surface area contributed by atoms with Crippen molar-refractivity contribution in [2.24, 2.45) is 0 Å². The lowest BCUT2D eigenvalue weighted by atomic mass is 10.4. The van der Waals surface area contributed by atoms with Crippen molar-refractivity contribution in [3.8, 4) is 0 Å². The molecule has 0 spiro atoms. The Morgan fingerprint density at radius 2 is 1.42 bits per heavy atom. The molecule has 2 aliphatic heterocycles. The van der Waals surface area contributed by atoms with Crippen LogP contribution in [0.2, 0.25) is 0 Å². The monoisotopic (exact) mass is 276 g/mol. The summed E-state index contributed by atoms with van der Waals surface area (Å²) < 4.78 is 0. The van der Waals surface area contributed by atoms with E-state index >= 15 is 0 Å². The van der Waals surface area contributed by atoms with Gasteiger partial charge in [-0.2, -0.15) is 0 Å². The number of rotatable bonds is 0. The van der Waals surface area contributed by atoms with Gasteiger partial charge in [0.25, 0.3) is 6.47 Å². The maximum atomic E-state index is 10.3. The standard InChI is InChI=1S/C5H10N2O2.C5H12N2.CH2O2/c8-5(9)7-3-1-6-2-4-7;1-7-4-2-6-3-5-7;2-1-3/h6H,1-4H2,(H,8,9);6H,2-5H2,1H3;1H,(H,2,3). The van der Waals surface area contributed by atoms with E-state index in [9.17, 15) is 4.79 Å². The molecule has 2 saturated heterocycles. The average Bonchev–Trinajstić information content (AvgIpc) is 2.42. The van der Waals surface area contributed by atoms with Gasteiger partial charge in [0.15, 0.2) is 0 Å². The minimum absolute atomic E-state index is 0.250. The molecule has 1 amide bonds. The van der Waals surface area contributed by atoms with E-state index in [-0.39, 0.29) is 6.47 Å². The van der Waals surface area contributed by atoms with Gasteiger partial charge in [0.1, 0.15) is 0 Å². The van der Waals surface area contributed by atoms with Crippen molar-refractivity contribution < 1.29 is 19.8 Å². The van der Waals surface area contributed by atoms with Gasteiger partial charge in [-0.3, -0.25) is 4.79 Å². The number of carboxylic acid groups (broad SMARTS) is 2. The van der Waals surface area contributed by atoms with Crippen molar-refractivity contribution in [1.29, 1.82) is 0 Å². The predicted octanol–water partition coefficient (Wildman–Crippen LogP) is -1.21. The fourth-order valence-corrected chi connectivity index (χ4v) is 1.63. The summed E-state index contributed by atoms with van der Waals surface area (Å²) >= 11 is 0. The molecule has 0 aromatic carbocycles. The highest BCUT2D eigenvalue weighted by Crippen LogP contribution is 1.90. The highest BCUT2D eigenvalue weighted by molar-refractivity contribution is 5.65. The van der Waals surface area contributed by atoms with Gasteiger partial charge in [-0.1, -0.05) is 0 Å². The van der Waals surface area contributed by atoms with Crippen molar-refractivity contribution in [3.05, 3.63) is 0 Å². The number of nitrogens with one attached hydrogen (secondary N) is 2. The second-order valence-electron chi connectivity index (χ2n) is 4.18. The normalized spacial score (nSPS) is 19.3. The number of piperazine rings is 2. The van der Waals surface area contributed by atoms with Gasteiger partial charge in [-0.05, 0) is 7.05 Å². The minimum Gasteiger partial charge on any atom is -0.483 e. The molecule has 112 valence electrons. The molecule has 8 heteroatoms. The van der Waals surface area contributed by atoms with Gasteiger partial charge in [0, 0.05) is 52.4 Å². The Morgan fingerprint density at radius 3 is 1.63 bits per heavy atom. The Balaban J connectivity index is 0.000000289. The highest BCUT2D eigenvalue weighted by Gasteiger charge is 2.13. The molecule has 0 unspecified atom stereocenters. The Morgan fingerprint density at radius 1 is 1.05 bits per heavy atom. The largest absolute Gasteiger partial charge is 0.483 e. The van der Waals surface area contributed by atoms with Crippen molar-refractivity contribution >= 4 is 12.6 Å². The maximum absolute atomic E-state index is 10.3. The van der Waals surface area contributed by atoms with E-state index in [1.807, 2.05) is 0 Å². The molecule has 2 fully saturated rings. The van der Waals surface area contributed by atoms with E-state index in [4.69, 9.17) is 15.0 Å². The molecule has 2 rings (SSSR count). The number of nitrogens with zero attached hydrogens (tertiary/aromatic N) is 2. The van der Waals surface area contributed by atoms with Crippen LogP contribution in [0.25, 0.3) is 0 Å². The van der Waals surface area contributed by atoms with Crippen LogP contribution in [0.4, 0.5) is 4.79 Å². The molecular weight excluding hydrogens is 252 g/mol. The molecule has 0 aromatic heterocycles. The molecule has 2 aliphatic rings. The maximum Gasteiger partial charge on any atom is 0.407 e. The van der Waals surface area contributed by atoms with Crippen LogP contribution in [0.5, 0.6) is 0 Å². The number of likely N-dealkylation sites (N-methyl/N-ethyl adjacent to an activating group) is 1. The van der Waals surface area contributed by atoms with Gasteiger partial charge in [0.05, 0.1) is 0 Å². The summed E-state index contributed by atoms with van der Waals surface area (Å²) in [5.41, 5.74) is 0. The van der Waals surface area contributed by atoms with E-state index in [0.717, 1.165) is 26.2 Å². The third kappa shape index (κ3) is 10.2. The topological polar surface area (TPSA) is 105 Å². The Hall–Kier alpha value is -1.38. The molecule has 4 N–H and O–H groups in total. The minimum atomic E-state index is -0.809. The van der Waals surface area contributed by atoms with Crippen molar-refractivity contribution in [3.63, 3.8) is 0 Å². The first-order valence-corrected chi connectivity index (χ1v) is 6.27. The lowest BCUT2D eigenvalue weighted by molar-refractivity contribution is -0.122. The summed E-state index contributed by atoms with van der Waals surface area (Å²) in [5.74, 6) is 0. The van der Waals surface area contributed by atoms with E-state index in [0.29, 0.717) is 13.1 Å². The molecule has 2 heterocycles. The summed E-state index contributed by atoms with van der Waals surface area (Å²) in [6.45, 7) is 7.30. The Bertz CT molecular complexity index is 241. The van der Waals surface area contributed by atoms with Gasteiger partial charge in [0.2, 0.25) is 0 Å². The first-order chi connectivity index (χ1) is 9.11. The summed E-state index contributed by atoms with van der Waals surface area (Å²) in [6.07, 6.45) is -0.809. The average molecular weight is 276 g/mol. The zero-order chi connectivity index (χ0) is 14.5. The Kier molecular flexibility index (Phi) is 10.8. The molecule has 0 bridgehead atoms. The van der Waals surface area contributed by atoms with Crippen LogP contribution >= 0.6 is 0 Å². The lowest BCUT2D eigenvalue weighted by Crippen LogP contribution is -2.45. The molecule has 8 nitrogen and oxygen atoms in total. The van der Waals surface area contributed by atoms with Gasteiger partial charge in [-0.25, -0.2) is 4.79 Å². The fraction of sp³-hybridized carbons (Fsp3) is 0.818. The van der Waals surface area contributed by atoms with E-state index in [1.54, 1.807) is 0 Å². The molecule has 0 atom stereocenters. The molecule has 0 aromatic rings. The van der Waals surface area contributed by atoms with E-state index < -0.39 is 6.09 Å². The third-order valence-corrected chi connectivity index (χ3v) is 2.73. The number of hydrogen-bond acceptors (Lipinski definition) is 5. The molecule has 0 aliphatic carbocycles. The molecule has 0 radical (unpaired) electrons. The zero-order valence-electron chi connectivity index (χ0n) is 11.3. The SMILES string of the molecule is CN1CCNCC1.O=C(O)N1CCNCC1.O=CO. The first-order valence-electron chi connectivity index (χ1n) is 6.27. The predicted molar refractivity (Wildman–Crippen MR) is 71.5 cm³/mol. The molecule has 0 saturated carbocycles. The Labute approximate surface area is 113 Å².